The quantitative estimate of drug-likeness (QED) is 0.760. The number of aryl methyl sites for hydroxylation is 1. The Labute approximate surface area is 160 Å². The van der Waals surface area contributed by atoms with Crippen molar-refractivity contribution >= 4 is 23.0 Å². The lowest BCUT2D eigenvalue weighted by Gasteiger charge is -2.35. The third-order valence-corrected chi connectivity index (χ3v) is 5.59. The Balaban J connectivity index is 1.37. The van der Waals surface area contributed by atoms with Crippen LogP contribution in [-0.4, -0.2) is 61.1 Å². The molecule has 1 aromatic heterocycles. The molecule has 3 heterocycles. The molecule has 2 saturated heterocycles. The fourth-order valence-electron chi connectivity index (χ4n) is 4.05. The first-order valence-electron chi connectivity index (χ1n) is 10.1. The normalized spacial score (nSPS) is 21.5. The summed E-state index contributed by atoms with van der Waals surface area (Å²) in [7, 11) is 0. The van der Waals surface area contributed by atoms with E-state index in [9.17, 15) is 4.79 Å². The number of amides is 1. The summed E-state index contributed by atoms with van der Waals surface area (Å²) in [5, 5.41) is 1.07. The third-order valence-electron chi connectivity index (χ3n) is 5.59. The first kappa shape index (κ1) is 18.3. The third kappa shape index (κ3) is 4.09. The molecule has 0 spiro atoms. The summed E-state index contributed by atoms with van der Waals surface area (Å²) in [6.45, 7) is 7.38. The predicted molar refractivity (Wildman–Crippen MR) is 107 cm³/mol. The molecule has 0 aliphatic carbocycles. The van der Waals surface area contributed by atoms with Crippen molar-refractivity contribution < 1.29 is 13.9 Å². The Bertz CT molecular complexity index is 812. The van der Waals surface area contributed by atoms with Crippen molar-refractivity contribution in [2.75, 3.05) is 39.3 Å². The molecular weight excluding hydrogens is 340 g/mol. The maximum absolute atomic E-state index is 12.6. The highest BCUT2D eigenvalue weighted by Crippen LogP contribution is 2.27. The Kier molecular flexibility index (Phi) is 5.60. The SMILES string of the molecule is CCc1oc2ccccc2c1/C=C/C(=O)N1CCN(CC2CCCO2)CC1. The van der Waals surface area contributed by atoms with Crippen LogP contribution in [0.1, 0.15) is 31.1 Å². The summed E-state index contributed by atoms with van der Waals surface area (Å²) in [5.74, 6) is 1.01. The summed E-state index contributed by atoms with van der Waals surface area (Å²) in [6.07, 6.45) is 7.16. The van der Waals surface area contributed by atoms with Crippen molar-refractivity contribution in [1.82, 2.24) is 9.80 Å². The molecule has 144 valence electrons. The Morgan fingerprint density at radius 1 is 1.22 bits per heavy atom. The molecule has 2 aromatic rings. The highest BCUT2D eigenvalue weighted by atomic mass is 16.5. The lowest BCUT2D eigenvalue weighted by molar-refractivity contribution is -0.127. The van der Waals surface area contributed by atoms with Crippen LogP contribution in [-0.2, 0) is 16.0 Å². The molecule has 1 aromatic carbocycles. The van der Waals surface area contributed by atoms with Gasteiger partial charge in [0.05, 0.1) is 6.10 Å². The van der Waals surface area contributed by atoms with Crippen molar-refractivity contribution in [3.05, 3.63) is 41.7 Å². The number of ether oxygens (including phenoxy) is 1. The highest BCUT2D eigenvalue weighted by molar-refractivity contribution is 5.96. The van der Waals surface area contributed by atoms with E-state index in [2.05, 4.69) is 11.8 Å². The van der Waals surface area contributed by atoms with E-state index in [1.54, 1.807) is 6.08 Å². The van der Waals surface area contributed by atoms with Crippen LogP contribution in [0.5, 0.6) is 0 Å². The van der Waals surface area contributed by atoms with E-state index in [0.29, 0.717) is 6.10 Å². The van der Waals surface area contributed by atoms with Crippen LogP contribution in [0.15, 0.2) is 34.8 Å². The minimum atomic E-state index is 0.0825. The van der Waals surface area contributed by atoms with Gasteiger partial charge >= 0.3 is 0 Å². The van der Waals surface area contributed by atoms with Crippen LogP contribution in [0.2, 0.25) is 0 Å². The molecule has 27 heavy (non-hydrogen) atoms. The van der Waals surface area contributed by atoms with Gasteiger partial charge in [-0.15, -0.1) is 0 Å². The molecule has 1 amide bonds. The van der Waals surface area contributed by atoms with Gasteiger partial charge in [-0.25, -0.2) is 0 Å². The van der Waals surface area contributed by atoms with E-state index in [1.807, 2.05) is 35.2 Å². The van der Waals surface area contributed by atoms with Crippen LogP contribution in [0.3, 0.4) is 0 Å². The minimum Gasteiger partial charge on any atom is -0.460 e. The molecule has 2 aliphatic heterocycles. The first-order valence-corrected chi connectivity index (χ1v) is 10.1. The number of rotatable bonds is 5. The summed E-state index contributed by atoms with van der Waals surface area (Å²) in [5.41, 5.74) is 1.91. The highest BCUT2D eigenvalue weighted by Gasteiger charge is 2.24. The number of fused-ring (bicyclic) bond motifs is 1. The van der Waals surface area contributed by atoms with Gasteiger partial charge in [-0.3, -0.25) is 9.69 Å². The zero-order valence-electron chi connectivity index (χ0n) is 16.0. The van der Waals surface area contributed by atoms with Crippen molar-refractivity contribution in [1.29, 1.82) is 0 Å². The van der Waals surface area contributed by atoms with Gasteiger partial charge in [0.2, 0.25) is 5.91 Å². The average Bonchev–Trinajstić information content (AvgIpc) is 3.34. The average molecular weight is 368 g/mol. The number of hydrogen-bond donors (Lipinski definition) is 0. The van der Waals surface area contributed by atoms with Gasteiger partial charge < -0.3 is 14.1 Å². The zero-order valence-corrected chi connectivity index (χ0v) is 16.0. The fraction of sp³-hybridized carbons (Fsp3) is 0.500. The van der Waals surface area contributed by atoms with Crippen molar-refractivity contribution in [2.24, 2.45) is 0 Å². The van der Waals surface area contributed by atoms with Crippen LogP contribution < -0.4 is 0 Å². The number of furan rings is 1. The van der Waals surface area contributed by atoms with Gasteiger partial charge in [0.15, 0.2) is 0 Å². The summed E-state index contributed by atoms with van der Waals surface area (Å²) in [4.78, 5) is 17.0. The predicted octanol–water partition coefficient (Wildman–Crippen LogP) is 3.33. The molecule has 4 rings (SSSR count). The van der Waals surface area contributed by atoms with Crippen LogP contribution in [0.25, 0.3) is 17.0 Å². The van der Waals surface area contributed by atoms with Crippen molar-refractivity contribution in [3.8, 4) is 0 Å². The number of para-hydroxylation sites is 1. The molecule has 0 saturated carbocycles. The minimum absolute atomic E-state index is 0.0825. The largest absolute Gasteiger partial charge is 0.460 e. The van der Waals surface area contributed by atoms with Gasteiger partial charge in [0.25, 0.3) is 0 Å². The zero-order chi connectivity index (χ0) is 18.6. The Hall–Kier alpha value is -2.11. The molecule has 5 heteroatoms. The van der Waals surface area contributed by atoms with Gasteiger partial charge in [0, 0.05) is 62.8 Å². The van der Waals surface area contributed by atoms with E-state index >= 15 is 0 Å². The van der Waals surface area contributed by atoms with Gasteiger partial charge in [0.1, 0.15) is 11.3 Å². The van der Waals surface area contributed by atoms with E-state index in [4.69, 9.17) is 9.15 Å². The van der Waals surface area contributed by atoms with E-state index < -0.39 is 0 Å². The van der Waals surface area contributed by atoms with E-state index in [1.165, 1.54) is 12.8 Å². The van der Waals surface area contributed by atoms with Crippen molar-refractivity contribution in [3.63, 3.8) is 0 Å². The van der Waals surface area contributed by atoms with E-state index in [0.717, 1.165) is 68.0 Å². The molecule has 0 radical (unpaired) electrons. The molecule has 0 N–H and O–H groups in total. The molecule has 2 fully saturated rings. The molecule has 1 atom stereocenters. The molecule has 5 nitrogen and oxygen atoms in total. The van der Waals surface area contributed by atoms with Gasteiger partial charge in [-0.05, 0) is 25.0 Å². The van der Waals surface area contributed by atoms with Crippen molar-refractivity contribution in [2.45, 2.75) is 32.3 Å². The molecule has 1 unspecified atom stereocenters. The second-order valence-electron chi connectivity index (χ2n) is 7.38. The lowest BCUT2D eigenvalue weighted by Crippen LogP contribution is -2.50. The van der Waals surface area contributed by atoms with Crippen LogP contribution in [0, 0.1) is 0 Å². The topological polar surface area (TPSA) is 45.9 Å². The monoisotopic (exact) mass is 368 g/mol. The van der Waals surface area contributed by atoms with E-state index in [-0.39, 0.29) is 5.91 Å². The second-order valence-corrected chi connectivity index (χ2v) is 7.38. The molecular formula is C22H28N2O3. The number of hydrogen-bond acceptors (Lipinski definition) is 4. The fourth-order valence-corrected chi connectivity index (χ4v) is 4.05. The summed E-state index contributed by atoms with van der Waals surface area (Å²) >= 11 is 0. The molecule has 2 aliphatic rings. The Morgan fingerprint density at radius 3 is 2.78 bits per heavy atom. The number of benzene rings is 1. The van der Waals surface area contributed by atoms with Crippen LogP contribution >= 0.6 is 0 Å². The van der Waals surface area contributed by atoms with Gasteiger partial charge in [-0.2, -0.15) is 0 Å². The summed E-state index contributed by atoms with van der Waals surface area (Å²) in [6, 6.07) is 8.00. The maximum Gasteiger partial charge on any atom is 0.246 e. The second kappa shape index (κ2) is 8.28. The smallest absolute Gasteiger partial charge is 0.246 e. The summed E-state index contributed by atoms with van der Waals surface area (Å²) < 4.78 is 11.6. The number of piperazine rings is 1. The number of nitrogens with zero attached hydrogens (tertiary/aromatic N) is 2. The van der Waals surface area contributed by atoms with Gasteiger partial charge in [-0.1, -0.05) is 25.1 Å². The number of carbonyl (C=O) groups excluding carboxylic acids is 1. The standard InChI is InChI=1S/C22H28N2O3/c1-2-20-19(18-7-3-4-8-21(18)27-20)9-10-22(25)24-13-11-23(12-14-24)16-17-6-5-15-26-17/h3-4,7-10,17H,2,5-6,11-16H2,1H3/b10-9+. The number of carbonyl (C=O) groups is 1. The molecule has 0 bridgehead atoms. The lowest BCUT2D eigenvalue weighted by atomic mass is 10.1. The first-order chi connectivity index (χ1) is 13.2. The Morgan fingerprint density at radius 2 is 2.04 bits per heavy atom. The van der Waals surface area contributed by atoms with Crippen LogP contribution in [0.4, 0.5) is 0 Å². The maximum atomic E-state index is 12.6.